The van der Waals surface area contributed by atoms with Gasteiger partial charge in [0.05, 0.1) is 12.7 Å². The summed E-state index contributed by atoms with van der Waals surface area (Å²) < 4.78 is 5.46. The molecule has 0 radical (unpaired) electrons. The number of amides is 1. The summed E-state index contributed by atoms with van der Waals surface area (Å²) in [5, 5.41) is 2.67. The van der Waals surface area contributed by atoms with Crippen LogP contribution in [0.25, 0.3) is 0 Å². The molecule has 0 spiro atoms. The van der Waals surface area contributed by atoms with Crippen LogP contribution in [0.4, 0.5) is 0 Å². The minimum absolute atomic E-state index is 0.115. The lowest BCUT2D eigenvalue weighted by Crippen LogP contribution is -2.19. The van der Waals surface area contributed by atoms with Crippen molar-refractivity contribution >= 4 is 27.8 Å². The van der Waals surface area contributed by atoms with Gasteiger partial charge in [0.1, 0.15) is 0 Å². The van der Waals surface area contributed by atoms with Crippen LogP contribution in [0.5, 0.6) is 0 Å². The summed E-state index contributed by atoms with van der Waals surface area (Å²) in [4.78, 5) is 22.1. The van der Waals surface area contributed by atoms with Gasteiger partial charge in [0, 0.05) is 17.9 Å². The molecule has 86 valence electrons. The zero-order valence-corrected chi connectivity index (χ0v) is 10.6. The SMILES string of the molecule is COC(=O)c1ccc(Br)c(CNC(C)=O)c1. The average molecular weight is 286 g/mol. The van der Waals surface area contributed by atoms with Gasteiger partial charge >= 0.3 is 5.97 Å². The first-order valence-corrected chi connectivity index (χ1v) is 5.45. The smallest absolute Gasteiger partial charge is 0.337 e. The van der Waals surface area contributed by atoms with E-state index in [-0.39, 0.29) is 5.91 Å². The van der Waals surface area contributed by atoms with Gasteiger partial charge in [-0.3, -0.25) is 4.79 Å². The normalized spacial score (nSPS) is 9.69. The number of rotatable bonds is 3. The molecule has 0 atom stereocenters. The van der Waals surface area contributed by atoms with Crippen molar-refractivity contribution < 1.29 is 14.3 Å². The van der Waals surface area contributed by atoms with E-state index in [0.29, 0.717) is 12.1 Å². The van der Waals surface area contributed by atoms with Gasteiger partial charge in [-0.15, -0.1) is 0 Å². The van der Waals surface area contributed by atoms with E-state index < -0.39 is 5.97 Å². The molecule has 0 aliphatic carbocycles. The quantitative estimate of drug-likeness (QED) is 0.863. The van der Waals surface area contributed by atoms with Gasteiger partial charge in [-0.1, -0.05) is 15.9 Å². The second-order valence-corrected chi connectivity index (χ2v) is 4.06. The first kappa shape index (κ1) is 12.7. The zero-order chi connectivity index (χ0) is 12.1. The second kappa shape index (κ2) is 5.65. The van der Waals surface area contributed by atoms with E-state index in [1.54, 1.807) is 18.2 Å². The molecule has 0 bridgehead atoms. The Morgan fingerprint density at radius 3 is 2.69 bits per heavy atom. The Morgan fingerprint density at radius 1 is 1.44 bits per heavy atom. The molecule has 0 fully saturated rings. The Balaban J connectivity index is 2.90. The molecule has 0 aliphatic heterocycles. The Labute approximate surface area is 102 Å². The lowest BCUT2D eigenvalue weighted by molar-refractivity contribution is -0.119. The van der Waals surface area contributed by atoms with Crippen LogP contribution in [-0.4, -0.2) is 19.0 Å². The number of hydrogen-bond acceptors (Lipinski definition) is 3. The Kier molecular flexibility index (Phi) is 4.49. The number of esters is 1. The Hall–Kier alpha value is -1.36. The van der Waals surface area contributed by atoms with E-state index in [1.165, 1.54) is 14.0 Å². The van der Waals surface area contributed by atoms with Crippen molar-refractivity contribution in [2.45, 2.75) is 13.5 Å². The number of halogens is 1. The molecule has 0 aliphatic rings. The molecule has 0 saturated heterocycles. The van der Waals surface area contributed by atoms with Crippen LogP contribution < -0.4 is 5.32 Å². The van der Waals surface area contributed by atoms with Crippen molar-refractivity contribution in [1.82, 2.24) is 5.32 Å². The van der Waals surface area contributed by atoms with E-state index in [0.717, 1.165) is 10.0 Å². The predicted octanol–water partition coefficient (Wildman–Crippen LogP) is 1.87. The number of ether oxygens (including phenoxy) is 1. The van der Waals surface area contributed by atoms with E-state index in [2.05, 4.69) is 26.0 Å². The molecule has 0 aromatic heterocycles. The maximum Gasteiger partial charge on any atom is 0.337 e. The molecule has 1 aromatic rings. The van der Waals surface area contributed by atoms with Gasteiger partial charge in [0.25, 0.3) is 0 Å². The summed E-state index contributed by atoms with van der Waals surface area (Å²) >= 11 is 3.35. The largest absolute Gasteiger partial charge is 0.465 e. The van der Waals surface area contributed by atoms with Gasteiger partial charge in [-0.05, 0) is 23.8 Å². The number of nitrogens with one attached hydrogen (secondary N) is 1. The zero-order valence-electron chi connectivity index (χ0n) is 9.04. The average Bonchev–Trinajstić information content (AvgIpc) is 2.26. The summed E-state index contributed by atoms with van der Waals surface area (Å²) in [5.41, 5.74) is 1.30. The lowest BCUT2D eigenvalue weighted by Gasteiger charge is -2.07. The fraction of sp³-hybridized carbons (Fsp3) is 0.273. The topological polar surface area (TPSA) is 55.4 Å². The highest BCUT2D eigenvalue weighted by Crippen LogP contribution is 2.18. The molecule has 4 nitrogen and oxygen atoms in total. The lowest BCUT2D eigenvalue weighted by atomic mass is 10.1. The fourth-order valence-corrected chi connectivity index (χ4v) is 1.56. The molecule has 0 unspecified atom stereocenters. The molecule has 1 N–H and O–H groups in total. The van der Waals surface area contributed by atoms with Crippen LogP contribution in [0, 0.1) is 0 Å². The van der Waals surface area contributed by atoms with Crippen LogP contribution in [0.3, 0.4) is 0 Å². The summed E-state index contributed by atoms with van der Waals surface area (Å²) in [6, 6.07) is 5.10. The van der Waals surface area contributed by atoms with E-state index in [9.17, 15) is 9.59 Å². The first-order chi connectivity index (χ1) is 7.54. The summed E-state index contributed by atoms with van der Waals surface area (Å²) in [7, 11) is 1.33. The first-order valence-electron chi connectivity index (χ1n) is 4.65. The number of carbonyl (C=O) groups excluding carboxylic acids is 2. The standard InChI is InChI=1S/C11H12BrNO3/c1-7(14)13-6-9-5-8(11(15)16-2)3-4-10(9)12/h3-5H,6H2,1-2H3,(H,13,14). The van der Waals surface area contributed by atoms with Gasteiger partial charge in [0.15, 0.2) is 0 Å². The summed E-state index contributed by atoms with van der Waals surface area (Å²) in [6.45, 7) is 1.82. The highest BCUT2D eigenvalue weighted by Gasteiger charge is 2.08. The highest BCUT2D eigenvalue weighted by molar-refractivity contribution is 9.10. The van der Waals surface area contributed by atoms with E-state index >= 15 is 0 Å². The molecule has 1 aromatic carbocycles. The number of methoxy groups -OCH3 is 1. The third-order valence-corrected chi connectivity index (χ3v) is 2.77. The Morgan fingerprint density at radius 2 is 2.12 bits per heavy atom. The predicted molar refractivity (Wildman–Crippen MR) is 63.0 cm³/mol. The van der Waals surface area contributed by atoms with Crippen LogP contribution in [0.2, 0.25) is 0 Å². The van der Waals surface area contributed by atoms with Gasteiger partial charge in [-0.25, -0.2) is 4.79 Å². The molecule has 0 saturated carbocycles. The van der Waals surface area contributed by atoms with Crippen molar-refractivity contribution in [2.75, 3.05) is 7.11 Å². The maximum atomic E-state index is 11.3. The van der Waals surface area contributed by atoms with Gasteiger partial charge in [-0.2, -0.15) is 0 Å². The molecule has 1 amide bonds. The van der Waals surface area contributed by atoms with Crippen molar-refractivity contribution in [2.24, 2.45) is 0 Å². The van der Waals surface area contributed by atoms with Crippen molar-refractivity contribution in [3.05, 3.63) is 33.8 Å². The second-order valence-electron chi connectivity index (χ2n) is 3.21. The third kappa shape index (κ3) is 3.34. The monoisotopic (exact) mass is 285 g/mol. The van der Waals surface area contributed by atoms with Crippen LogP contribution in [-0.2, 0) is 16.1 Å². The molecular formula is C11H12BrNO3. The molecule has 16 heavy (non-hydrogen) atoms. The minimum atomic E-state index is -0.392. The number of benzene rings is 1. The van der Waals surface area contributed by atoms with Crippen molar-refractivity contribution in [3.63, 3.8) is 0 Å². The van der Waals surface area contributed by atoms with Crippen LogP contribution in [0.1, 0.15) is 22.8 Å². The van der Waals surface area contributed by atoms with Crippen molar-refractivity contribution in [3.8, 4) is 0 Å². The molecular weight excluding hydrogens is 274 g/mol. The Bertz CT molecular complexity index is 418. The third-order valence-electron chi connectivity index (χ3n) is 1.99. The fourth-order valence-electron chi connectivity index (χ4n) is 1.17. The minimum Gasteiger partial charge on any atom is -0.465 e. The van der Waals surface area contributed by atoms with Crippen molar-refractivity contribution in [1.29, 1.82) is 0 Å². The van der Waals surface area contributed by atoms with Gasteiger partial charge < -0.3 is 10.1 Å². The van der Waals surface area contributed by atoms with Crippen LogP contribution >= 0.6 is 15.9 Å². The van der Waals surface area contributed by atoms with Crippen LogP contribution in [0.15, 0.2) is 22.7 Å². The summed E-state index contributed by atoms with van der Waals surface area (Å²) in [6.07, 6.45) is 0. The highest BCUT2D eigenvalue weighted by atomic mass is 79.9. The maximum absolute atomic E-state index is 11.3. The molecule has 1 rings (SSSR count). The van der Waals surface area contributed by atoms with Gasteiger partial charge in [0.2, 0.25) is 5.91 Å². The molecule has 0 heterocycles. The molecule has 5 heteroatoms. The van der Waals surface area contributed by atoms with E-state index in [4.69, 9.17) is 0 Å². The number of hydrogen-bond donors (Lipinski definition) is 1. The number of carbonyl (C=O) groups is 2. The summed E-state index contributed by atoms with van der Waals surface area (Å²) in [5.74, 6) is -0.507. The van der Waals surface area contributed by atoms with E-state index in [1.807, 2.05) is 0 Å².